The summed E-state index contributed by atoms with van der Waals surface area (Å²) in [6, 6.07) is 13.0. The zero-order valence-electron chi connectivity index (χ0n) is 19.3. The molecule has 186 valence electrons. The minimum absolute atomic E-state index is 0.00825. The number of nitrogens with one attached hydrogen (secondary N) is 2. The number of phenolic OH excluding ortho intramolecular Hbond substituents is 1. The van der Waals surface area contributed by atoms with E-state index in [0.29, 0.717) is 12.0 Å². The fraction of sp³-hybridized carbons (Fsp3) is 0.417. The quantitative estimate of drug-likeness (QED) is 0.233. The van der Waals surface area contributed by atoms with Crippen molar-refractivity contribution in [2.75, 3.05) is 0 Å². The summed E-state index contributed by atoms with van der Waals surface area (Å²) in [5.41, 5.74) is 1.52. The summed E-state index contributed by atoms with van der Waals surface area (Å²) in [6.45, 7) is 3.73. The Labute approximate surface area is 199 Å². The first-order chi connectivity index (χ1) is 16.0. The molecule has 2 aromatic carbocycles. The van der Waals surface area contributed by atoms with Crippen molar-refractivity contribution in [1.82, 2.24) is 10.6 Å². The molecule has 0 aliphatic heterocycles. The van der Waals surface area contributed by atoms with Gasteiger partial charge in [-0.15, -0.1) is 0 Å². The molecule has 34 heavy (non-hydrogen) atoms. The van der Waals surface area contributed by atoms with E-state index in [9.17, 15) is 34.2 Å². The second kappa shape index (κ2) is 12.7. The van der Waals surface area contributed by atoms with Gasteiger partial charge in [0, 0.05) is 6.42 Å². The number of phenols is 1. The van der Waals surface area contributed by atoms with Gasteiger partial charge in [-0.25, -0.2) is 4.79 Å². The van der Waals surface area contributed by atoms with E-state index in [2.05, 4.69) is 10.6 Å². The zero-order valence-corrected chi connectivity index (χ0v) is 20.2. The van der Waals surface area contributed by atoms with E-state index in [1.54, 1.807) is 12.1 Å². The molecule has 0 aromatic heterocycles. The molecule has 1 unspecified atom stereocenters. The van der Waals surface area contributed by atoms with Crippen LogP contribution in [-0.2, 0) is 27.0 Å². The molecule has 3 atom stereocenters. The van der Waals surface area contributed by atoms with Gasteiger partial charge in [0.2, 0.25) is 5.91 Å². The molecule has 0 saturated heterocycles. The molecule has 0 radical (unpaired) electrons. The number of carbonyl (C=O) groups is 2. The van der Waals surface area contributed by atoms with Crippen molar-refractivity contribution >= 4 is 19.5 Å². The normalized spacial score (nSPS) is 14.4. The van der Waals surface area contributed by atoms with Crippen LogP contribution in [0.15, 0.2) is 54.6 Å². The molecule has 0 spiro atoms. The number of carboxylic acids is 1. The first kappa shape index (κ1) is 27.5. The molecule has 2 rings (SSSR count). The predicted molar refractivity (Wildman–Crippen MR) is 128 cm³/mol. The molecule has 9 nitrogen and oxygen atoms in total. The van der Waals surface area contributed by atoms with Crippen LogP contribution in [0.3, 0.4) is 0 Å². The number of hydrogen-bond donors (Lipinski definition) is 6. The van der Waals surface area contributed by atoms with Crippen molar-refractivity contribution in [3.05, 3.63) is 65.7 Å². The molecule has 0 saturated carbocycles. The molecule has 10 heteroatoms. The van der Waals surface area contributed by atoms with Crippen molar-refractivity contribution in [3.63, 3.8) is 0 Å². The molecule has 0 aliphatic rings. The van der Waals surface area contributed by atoms with Crippen LogP contribution in [0.4, 0.5) is 0 Å². The highest BCUT2D eigenvalue weighted by Gasteiger charge is 2.34. The topological polar surface area (TPSA) is 156 Å². The van der Waals surface area contributed by atoms with Gasteiger partial charge in [-0.2, -0.15) is 0 Å². The average Bonchev–Trinajstić information content (AvgIpc) is 2.76. The van der Waals surface area contributed by atoms with Crippen LogP contribution in [0.2, 0.25) is 0 Å². The Morgan fingerprint density at radius 1 is 0.941 bits per heavy atom. The van der Waals surface area contributed by atoms with E-state index >= 15 is 0 Å². The molecule has 6 N–H and O–H groups in total. The number of carboxylic acid groups (broad SMARTS) is 1. The Balaban J connectivity index is 2.14. The minimum atomic E-state index is -4.59. The second-order valence-corrected chi connectivity index (χ2v) is 10.5. The average molecular weight is 493 g/mol. The summed E-state index contributed by atoms with van der Waals surface area (Å²) in [4.78, 5) is 44.6. The SMILES string of the molecule is CC(C)C[C@H](NC(CCc1ccccc1)P(=O)(O)O)C(=O)N[C@@H](Cc1ccc(O)cc1)C(=O)O. The zero-order chi connectivity index (χ0) is 25.3. The van der Waals surface area contributed by atoms with Crippen LogP contribution in [-0.4, -0.2) is 49.7 Å². The molecule has 2 aromatic rings. The first-order valence-electron chi connectivity index (χ1n) is 11.1. The monoisotopic (exact) mass is 492 g/mol. The largest absolute Gasteiger partial charge is 0.508 e. The van der Waals surface area contributed by atoms with Gasteiger partial charge in [-0.3, -0.25) is 14.7 Å². The summed E-state index contributed by atoms with van der Waals surface area (Å²) in [5.74, 6) is -3.09. The van der Waals surface area contributed by atoms with Crippen LogP contribution in [0.1, 0.15) is 37.8 Å². The van der Waals surface area contributed by atoms with Crippen molar-refractivity contribution in [2.45, 2.75) is 57.4 Å². The number of aryl methyl sites for hydroxylation is 1. The van der Waals surface area contributed by atoms with Crippen LogP contribution >= 0.6 is 7.60 Å². The molecule has 0 fully saturated rings. The number of rotatable bonds is 13. The Bertz CT molecular complexity index is 977. The molecular weight excluding hydrogens is 459 g/mol. The van der Waals surface area contributed by atoms with Gasteiger partial charge in [-0.1, -0.05) is 56.3 Å². The fourth-order valence-corrected chi connectivity index (χ4v) is 4.43. The lowest BCUT2D eigenvalue weighted by Gasteiger charge is -2.28. The number of benzene rings is 2. The van der Waals surface area contributed by atoms with E-state index in [4.69, 9.17) is 0 Å². The lowest BCUT2D eigenvalue weighted by atomic mass is 10.0. The Morgan fingerprint density at radius 2 is 1.56 bits per heavy atom. The lowest BCUT2D eigenvalue weighted by molar-refractivity contribution is -0.142. The van der Waals surface area contributed by atoms with Crippen LogP contribution in [0.5, 0.6) is 5.75 Å². The smallest absolute Gasteiger partial charge is 0.342 e. The van der Waals surface area contributed by atoms with Gasteiger partial charge in [0.1, 0.15) is 17.6 Å². The third-order valence-corrected chi connectivity index (χ3v) is 6.58. The highest BCUT2D eigenvalue weighted by Crippen LogP contribution is 2.42. The van der Waals surface area contributed by atoms with Crippen LogP contribution in [0, 0.1) is 5.92 Å². The summed E-state index contributed by atoms with van der Waals surface area (Å²) in [7, 11) is -4.59. The van der Waals surface area contributed by atoms with Crippen molar-refractivity contribution in [3.8, 4) is 5.75 Å². The summed E-state index contributed by atoms with van der Waals surface area (Å²) in [5, 5.41) is 24.3. The van der Waals surface area contributed by atoms with E-state index < -0.39 is 37.3 Å². The van der Waals surface area contributed by atoms with Gasteiger partial charge in [0.25, 0.3) is 0 Å². The first-order valence-corrected chi connectivity index (χ1v) is 12.8. The van der Waals surface area contributed by atoms with Crippen molar-refractivity contribution in [2.24, 2.45) is 5.92 Å². The highest BCUT2D eigenvalue weighted by atomic mass is 31.2. The highest BCUT2D eigenvalue weighted by molar-refractivity contribution is 7.52. The summed E-state index contributed by atoms with van der Waals surface area (Å²) >= 11 is 0. The standard InChI is InChI=1S/C24H33N2O7P/c1-16(2)14-20(25-22(34(31,32)33)13-10-17-6-4-3-5-7-17)23(28)26-21(24(29)30)15-18-8-11-19(27)12-9-18/h3-9,11-12,16,20-22,25,27H,10,13-15H2,1-2H3,(H,26,28)(H,29,30)(H2,31,32,33)/t20-,21-,22?/m0/s1. The number of aromatic hydroxyl groups is 1. The predicted octanol–water partition coefficient (Wildman–Crippen LogP) is 2.64. The third kappa shape index (κ3) is 9.27. The van der Waals surface area contributed by atoms with Crippen molar-refractivity contribution in [1.29, 1.82) is 0 Å². The van der Waals surface area contributed by atoms with E-state index in [1.165, 1.54) is 12.1 Å². The number of hydrogen-bond acceptors (Lipinski definition) is 5. The maximum Gasteiger partial charge on any atom is 0.342 e. The molecule has 0 heterocycles. The Morgan fingerprint density at radius 3 is 2.09 bits per heavy atom. The second-order valence-electron chi connectivity index (χ2n) is 8.75. The van der Waals surface area contributed by atoms with Gasteiger partial charge < -0.3 is 25.3 Å². The molecule has 1 amide bonds. The maximum atomic E-state index is 13.0. The Hall–Kier alpha value is -2.71. The van der Waals surface area contributed by atoms with E-state index in [1.807, 2.05) is 44.2 Å². The van der Waals surface area contributed by atoms with Gasteiger partial charge in [0.15, 0.2) is 0 Å². The number of aliphatic carboxylic acids is 1. The van der Waals surface area contributed by atoms with Gasteiger partial charge >= 0.3 is 13.6 Å². The maximum absolute atomic E-state index is 13.0. The van der Waals surface area contributed by atoms with E-state index in [-0.39, 0.29) is 30.9 Å². The summed E-state index contributed by atoms with van der Waals surface area (Å²) in [6.07, 6.45) is 0.759. The number of carbonyl (C=O) groups excluding carboxylic acids is 1. The molecule has 0 bridgehead atoms. The van der Waals surface area contributed by atoms with Crippen LogP contribution in [0.25, 0.3) is 0 Å². The van der Waals surface area contributed by atoms with Crippen LogP contribution < -0.4 is 10.6 Å². The van der Waals surface area contributed by atoms with Crippen molar-refractivity contribution < 1.29 is 34.2 Å². The summed E-state index contributed by atoms with van der Waals surface area (Å²) < 4.78 is 12.2. The lowest BCUT2D eigenvalue weighted by Crippen LogP contribution is -2.53. The Kier molecular flexibility index (Phi) is 10.3. The minimum Gasteiger partial charge on any atom is -0.508 e. The molecule has 0 aliphatic carbocycles. The number of amides is 1. The molecular formula is C24H33N2O7P. The van der Waals surface area contributed by atoms with E-state index in [0.717, 1.165) is 5.56 Å². The third-order valence-electron chi connectivity index (χ3n) is 5.36. The van der Waals surface area contributed by atoms with Gasteiger partial charge in [0.05, 0.1) is 6.04 Å². The van der Waals surface area contributed by atoms with Gasteiger partial charge in [-0.05, 0) is 48.4 Å². The fourth-order valence-electron chi connectivity index (χ4n) is 3.59.